The van der Waals surface area contributed by atoms with Crippen LogP contribution >= 0.6 is 0 Å². The van der Waals surface area contributed by atoms with E-state index in [-0.39, 0.29) is 17.4 Å². The van der Waals surface area contributed by atoms with Crippen molar-refractivity contribution >= 4 is 9.84 Å². The van der Waals surface area contributed by atoms with Crippen molar-refractivity contribution in [3.05, 3.63) is 47.0 Å². The number of hydrogen-bond acceptors (Lipinski definition) is 3. The zero-order valence-corrected chi connectivity index (χ0v) is 9.11. The zero-order chi connectivity index (χ0) is 11.8. The van der Waals surface area contributed by atoms with Gasteiger partial charge in [-0.1, -0.05) is 24.3 Å². The molecule has 16 heavy (non-hydrogen) atoms. The second-order valence-corrected chi connectivity index (χ2v) is 5.82. The summed E-state index contributed by atoms with van der Waals surface area (Å²) in [6.45, 7) is 6.87. The molecule has 0 aromatic rings. The number of nitrogens with zero attached hydrogens (tertiary/aromatic N) is 2. The van der Waals surface area contributed by atoms with E-state index in [1.54, 1.807) is 30.4 Å². The van der Waals surface area contributed by atoms with Gasteiger partial charge in [-0.25, -0.2) is 18.5 Å². The quantitative estimate of drug-likeness (QED) is 0.466. The first-order valence-electron chi connectivity index (χ1n) is 4.67. The fourth-order valence-electron chi connectivity index (χ4n) is 2.05. The molecule has 0 N–H and O–H groups in total. The lowest BCUT2D eigenvalue weighted by Gasteiger charge is -2.14. The molecular weight excluding hydrogens is 224 g/mol. The maximum Gasteiger partial charge on any atom is 0.262 e. The molecule has 1 aliphatic carbocycles. The topological polar surface area (TPSA) is 62.3 Å². The summed E-state index contributed by atoms with van der Waals surface area (Å²) in [6, 6.07) is 1.77. The summed E-state index contributed by atoms with van der Waals surface area (Å²) < 4.78 is 23.6. The van der Waals surface area contributed by atoms with Crippen molar-refractivity contribution in [1.82, 2.24) is 0 Å². The van der Waals surface area contributed by atoms with Gasteiger partial charge in [0.1, 0.15) is 0 Å². The van der Waals surface area contributed by atoms with E-state index >= 15 is 0 Å². The van der Waals surface area contributed by atoms with Crippen LogP contribution in [-0.2, 0) is 9.84 Å². The van der Waals surface area contributed by atoms with E-state index in [0.717, 1.165) is 0 Å². The fourth-order valence-corrected chi connectivity index (χ4v) is 4.04. The first kappa shape index (κ1) is 10.7. The van der Waals surface area contributed by atoms with Crippen molar-refractivity contribution in [2.24, 2.45) is 5.92 Å². The molecule has 0 radical (unpaired) electrons. The third-order valence-electron chi connectivity index (χ3n) is 2.78. The van der Waals surface area contributed by atoms with Gasteiger partial charge in [-0.15, -0.1) is 0 Å². The summed E-state index contributed by atoms with van der Waals surface area (Å²) in [5, 5.41) is 8.19. The zero-order valence-electron chi connectivity index (χ0n) is 8.29. The summed E-state index contributed by atoms with van der Waals surface area (Å²) in [4.78, 5) is 3.09. The van der Waals surface area contributed by atoms with Crippen LogP contribution in [0.2, 0.25) is 0 Å². The maximum absolute atomic E-state index is 11.8. The van der Waals surface area contributed by atoms with Gasteiger partial charge in [0.25, 0.3) is 5.70 Å². The van der Waals surface area contributed by atoms with Gasteiger partial charge in [0, 0.05) is 5.92 Å². The van der Waals surface area contributed by atoms with Crippen molar-refractivity contribution in [2.45, 2.75) is 5.25 Å². The van der Waals surface area contributed by atoms with Crippen LogP contribution < -0.4 is 0 Å². The molecular formula is C11H8N2O2S. The lowest BCUT2D eigenvalue weighted by molar-refractivity contribution is 0.592. The minimum atomic E-state index is -3.25. The molecule has 5 heteroatoms. The van der Waals surface area contributed by atoms with Crippen molar-refractivity contribution in [3.63, 3.8) is 0 Å². The van der Waals surface area contributed by atoms with Crippen molar-refractivity contribution in [3.8, 4) is 6.07 Å². The van der Waals surface area contributed by atoms with E-state index in [2.05, 4.69) is 4.85 Å². The SMILES string of the molecule is [C-]#[N+]C(C#N)=C1CS(=O)(=O)C2C=CC=CC12. The molecule has 1 fully saturated rings. The maximum atomic E-state index is 11.8. The number of hydrogen-bond donors (Lipinski definition) is 0. The molecule has 0 aromatic carbocycles. The Balaban J connectivity index is 2.61. The lowest BCUT2D eigenvalue weighted by Crippen LogP contribution is -2.20. The Labute approximate surface area is 93.9 Å². The van der Waals surface area contributed by atoms with Crippen LogP contribution in [0.4, 0.5) is 0 Å². The summed E-state index contributed by atoms with van der Waals surface area (Å²) in [5.74, 6) is -0.513. The molecule has 0 bridgehead atoms. The number of rotatable bonds is 0. The van der Waals surface area contributed by atoms with E-state index < -0.39 is 15.1 Å². The normalized spacial score (nSPS) is 32.6. The molecule has 2 atom stereocenters. The number of fused-ring (bicyclic) bond motifs is 1. The summed E-state index contributed by atoms with van der Waals surface area (Å²) in [5.41, 5.74) is 0.346. The molecule has 2 rings (SSSR count). The molecule has 2 unspecified atom stereocenters. The van der Waals surface area contributed by atoms with Crippen molar-refractivity contribution in [1.29, 1.82) is 5.26 Å². The number of sulfone groups is 1. The summed E-state index contributed by atoms with van der Waals surface area (Å²) in [7, 11) is -3.25. The average molecular weight is 232 g/mol. The van der Waals surface area contributed by atoms with Gasteiger partial charge in [-0.05, 0) is 5.57 Å². The first-order chi connectivity index (χ1) is 7.60. The Morgan fingerprint density at radius 3 is 2.81 bits per heavy atom. The van der Waals surface area contributed by atoms with Gasteiger partial charge in [-0.2, -0.15) is 0 Å². The van der Waals surface area contributed by atoms with Crippen LogP contribution in [-0.4, -0.2) is 19.4 Å². The molecule has 1 heterocycles. The monoisotopic (exact) mass is 232 g/mol. The molecule has 4 nitrogen and oxygen atoms in total. The largest absolute Gasteiger partial charge is 0.262 e. The van der Waals surface area contributed by atoms with E-state index in [9.17, 15) is 8.42 Å². The van der Waals surface area contributed by atoms with Crippen LogP contribution in [0.1, 0.15) is 0 Å². The second kappa shape index (κ2) is 3.62. The Hall–Kier alpha value is -1.85. The molecule has 1 aliphatic heterocycles. The van der Waals surface area contributed by atoms with Gasteiger partial charge < -0.3 is 0 Å². The van der Waals surface area contributed by atoms with Gasteiger partial charge in [0.05, 0.1) is 23.6 Å². The summed E-state index contributed by atoms with van der Waals surface area (Å²) >= 11 is 0. The molecule has 0 spiro atoms. The van der Waals surface area contributed by atoms with Gasteiger partial charge in [0.2, 0.25) is 0 Å². The Morgan fingerprint density at radius 1 is 1.50 bits per heavy atom. The lowest BCUT2D eigenvalue weighted by atomic mass is 9.92. The van der Waals surface area contributed by atoms with Gasteiger partial charge in [-0.3, -0.25) is 0 Å². The predicted octanol–water partition coefficient (Wildman–Crippen LogP) is 1.22. The van der Waals surface area contributed by atoms with E-state index in [1.807, 2.05) is 0 Å². The number of allylic oxidation sites excluding steroid dienone is 4. The predicted molar refractivity (Wildman–Crippen MR) is 58.6 cm³/mol. The van der Waals surface area contributed by atoms with Crippen LogP contribution in [0.15, 0.2) is 35.6 Å². The van der Waals surface area contributed by atoms with Crippen molar-refractivity contribution < 1.29 is 8.42 Å². The van der Waals surface area contributed by atoms with Gasteiger partial charge in [0.15, 0.2) is 9.84 Å². The molecule has 2 aliphatic rings. The standard InChI is InChI=1S/C11H8N2O2S/c1-13-10(6-12)9-7-16(14,15)11-5-3-2-4-8(9)11/h2-5,8,11H,7H2. The fraction of sp³-hybridized carbons (Fsp3) is 0.273. The van der Waals surface area contributed by atoms with E-state index in [4.69, 9.17) is 11.8 Å². The minimum absolute atomic E-state index is 0.0870. The highest BCUT2D eigenvalue weighted by Crippen LogP contribution is 2.37. The average Bonchev–Trinajstić information content (AvgIpc) is 2.54. The molecule has 0 aromatic heterocycles. The third-order valence-corrected chi connectivity index (χ3v) is 4.77. The third kappa shape index (κ3) is 1.46. The Kier molecular flexibility index (Phi) is 2.41. The van der Waals surface area contributed by atoms with Crippen molar-refractivity contribution in [2.75, 3.05) is 5.75 Å². The first-order valence-corrected chi connectivity index (χ1v) is 6.39. The second-order valence-electron chi connectivity index (χ2n) is 3.66. The highest BCUT2D eigenvalue weighted by atomic mass is 32.2. The Morgan fingerprint density at radius 2 is 2.19 bits per heavy atom. The highest BCUT2D eigenvalue weighted by molar-refractivity contribution is 7.92. The molecule has 1 saturated heterocycles. The van der Waals surface area contributed by atoms with Crippen LogP contribution in [0.3, 0.4) is 0 Å². The van der Waals surface area contributed by atoms with E-state index in [0.29, 0.717) is 5.57 Å². The molecule has 80 valence electrons. The van der Waals surface area contributed by atoms with Crippen LogP contribution in [0, 0.1) is 23.8 Å². The van der Waals surface area contributed by atoms with Crippen LogP contribution in [0.25, 0.3) is 4.85 Å². The van der Waals surface area contributed by atoms with Crippen LogP contribution in [0.5, 0.6) is 0 Å². The molecule has 0 amide bonds. The minimum Gasteiger partial charge on any atom is -0.228 e. The Bertz CT molecular complexity index is 581. The summed E-state index contributed by atoms with van der Waals surface area (Å²) in [6.07, 6.45) is 6.80. The molecule has 0 saturated carbocycles. The van der Waals surface area contributed by atoms with E-state index in [1.165, 1.54) is 0 Å². The van der Waals surface area contributed by atoms with Gasteiger partial charge >= 0.3 is 0 Å². The number of nitriles is 1. The smallest absolute Gasteiger partial charge is 0.228 e. The highest BCUT2D eigenvalue weighted by Gasteiger charge is 2.42.